The van der Waals surface area contributed by atoms with Crippen molar-refractivity contribution in [3.05, 3.63) is 48.6 Å². The normalized spacial score (nSPS) is 14.2. The number of aliphatic carboxylic acids is 1. The number of nitrogens with two attached hydrogens (primary N) is 1. The van der Waals surface area contributed by atoms with Crippen LogP contribution in [0, 0.1) is 0 Å². The molecule has 0 rings (SSSR count). The van der Waals surface area contributed by atoms with Gasteiger partial charge in [0.1, 0.15) is 12.6 Å². The van der Waals surface area contributed by atoms with Crippen molar-refractivity contribution in [1.29, 1.82) is 0 Å². The van der Waals surface area contributed by atoms with Crippen molar-refractivity contribution in [3.8, 4) is 0 Å². The first-order chi connectivity index (χ1) is 27.1. The van der Waals surface area contributed by atoms with Crippen LogP contribution >= 0.6 is 7.82 Å². The maximum Gasteiger partial charge on any atom is 0.472 e. The van der Waals surface area contributed by atoms with Crippen LogP contribution in [0.15, 0.2) is 48.6 Å². The van der Waals surface area contributed by atoms with E-state index in [4.69, 9.17) is 24.8 Å². The van der Waals surface area contributed by atoms with Crippen LogP contribution < -0.4 is 5.73 Å². The van der Waals surface area contributed by atoms with Crippen LogP contribution in [-0.2, 0) is 37.5 Å². The molecule has 0 amide bonds. The summed E-state index contributed by atoms with van der Waals surface area (Å²) in [5.74, 6) is -2.47. The molecule has 0 bridgehead atoms. The summed E-state index contributed by atoms with van der Waals surface area (Å²) in [7, 11) is -4.73. The lowest BCUT2D eigenvalue weighted by Crippen LogP contribution is -2.34. The Morgan fingerprint density at radius 2 is 0.982 bits per heavy atom. The van der Waals surface area contributed by atoms with Crippen LogP contribution in [0.3, 0.4) is 0 Å². The highest BCUT2D eigenvalue weighted by molar-refractivity contribution is 7.47. The summed E-state index contributed by atoms with van der Waals surface area (Å²) in [6, 6.07) is -1.53. The summed E-state index contributed by atoms with van der Waals surface area (Å²) in [5, 5.41) is 8.88. The molecule has 1 unspecified atom stereocenters. The highest BCUT2D eigenvalue weighted by Crippen LogP contribution is 2.43. The van der Waals surface area contributed by atoms with E-state index in [1.165, 1.54) is 83.5 Å². The van der Waals surface area contributed by atoms with Crippen molar-refractivity contribution in [3.63, 3.8) is 0 Å². The molecule has 0 aliphatic heterocycles. The van der Waals surface area contributed by atoms with Gasteiger partial charge in [0.15, 0.2) is 6.10 Å². The first-order valence-corrected chi connectivity index (χ1v) is 23.2. The average molecular weight is 812 g/mol. The largest absolute Gasteiger partial charge is 0.480 e. The molecule has 0 aliphatic rings. The van der Waals surface area contributed by atoms with Crippen molar-refractivity contribution in [2.45, 2.75) is 193 Å². The van der Waals surface area contributed by atoms with Crippen LogP contribution in [0.1, 0.15) is 181 Å². The summed E-state index contributed by atoms with van der Waals surface area (Å²) >= 11 is 0. The Balaban J connectivity index is 4.45. The van der Waals surface area contributed by atoms with Crippen molar-refractivity contribution in [2.24, 2.45) is 5.73 Å². The van der Waals surface area contributed by atoms with E-state index in [0.717, 1.165) is 57.8 Å². The Morgan fingerprint density at radius 1 is 0.554 bits per heavy atom. The number of hydrogen-bond acceptors (Lipinski definition) is 9. The van der Waals surface area contributed by atoms with E-state index in [2.05, 4.69) is 60.9 Å². The number of ether oxygens (including phenoxy) is 2. The van der Waals surface area contributed by atoms with Crippen LogP contribution in [0.5, 0.6) is 0 Å². The number of carboxylic acid groups (broad SMARTS) is 1. The fraction of sp³-hybridized carbons (Fsp3) is 0.750. The van der Waals surface area contributed by atoms with Gasteiger partial charge in [-0.3, -0.25) is 23.4 Å². The van der Waals surface area contributed by atoms with Gasteiger partial charge < -0.3 is 25.2 Å². The molecule has 0 saturated heterocycles. The number of hydrogen-bond donors (Lipinski definition) is 3. The Kier molecular flexibility index (Phi) is 37.5. The number of phosphoric ester groups is 1. The van der Waals surface area contributed by atoms with Gasteiger partial charge in [-0.1, -0.05) is 152 Å². The molecule has 56 heavy (non-hydrogen) atoms. The fourth-order valence-electron chi connectivity index (χ4n) is 5.62. The van der Waals surface area contributed by atoms with Gasteiger partial charge in [0.05, 0.1) is 13.2 Å². The van der Waals surface area contributed by atoms with E-state index >= 15 is 0 Å². The lowest BCUT2D eigenvalue weighted by molar-refractivity contribution is -0.161. The zero-order valence-electron chi connectivity index (χ0n) is 35.0. The second kappa shape index (κ2) is 39.3. The monoisotopic (exact) mass is 812 g/mol. The third kappa shape index (κ3) is 38.3. The summed E-state index contributed by atoms with van der Waals surface area (Å²) in [4.78, 5) is 45.9. The Bertz CT molecular complexity index is 1140. The van der Waals surface area contributed by atoms with Gasteiger partial charge in [-0.05, 0) is 64.2 Å². The minimum atomic E-state index is -4.73. The molecule has 0 aromatic carbocycles. The summed E-state index contributed by atoms with van der Waals surface area (Å²) in [5.41, 5.74) is 5.33. The SMILES string of the molecule is CCCCC/C=C/C/C=C/C/C=C/CCCCCCC(=O)OC[C@H](COP(=O)(O)OC[C@H](N)C(=O)O)OC(=O)CC/C=C/CCCCCCCCCCCCC. The molecule has 0 aromatic rings. The fourth-order valence-corrected chi connectivity index (χ4v) is 6.40. The molecule has 0 aliphatic carbocycles. The van der Waals surface area contributed by atoms with Crippen LogP contribution in [0.2, 0.25) is 0 Å². The van der Waals surface area contributed by atoms with Gasteiger partial charge in [-0.25, -0.2) is 4.57 Å². The lowest BCUT2D eigenvalue weighted by atomic mass is 10.1. The Hall–Kier alpha value is -2.56. The van der Waals surface area contributed by atoms with Crippen LogP contribution in [-0.4, -0.2) is 59.9 Å². The Morgan fingerprint density at radius 3 is 1.54 bits per heavy atom. The number of carbonyl (C=O) groups excluding carboxylic acids is 2. The predicted molar refractivity (Wildman–Crippen MR) is 226 cm³/mol. The average Bonchev–Trinajstić information content (AvgIpc) is 3.17. The number of esters is 2. The minimum Gasteiger partial charge on any atom is -0.480 e. The molecular weight excluding hydrogens is 733 g/mol. The van der Waals surface area contributed by atoms with Crippen molar-refractivity contribution in [2.75, 3.05) is 19.8 Å². The van der Waals surface area contributed by atoms with Gasteiger partial charge in [-0.15, -0.1) is 0 Å². The molecule has 0 radical (unpaired) electrons. The number of carbonyl (C=O) groups is 3. The highest BCUT2D eigenvalue weighted by atomic mass is 31.2. The van der Waals surface area contributed by atoms with Gasteiger partial charge in [-0.2, -0.15) is 0 Å². The summed E-state index contributed by atoms with van der Waals surface area (Å²) in [6.45, 7) is 2.71. The summed E-state index contributed by atoms with van der Waals surface area (Å²) < 4.78 is 32.6. The van der Waals surface area contributed by atoms with Gasteiger partial charge in [0, 0.05) is 12.8 Å². The van der Waals surface area contributed by atoms with Crippen LogP contribution in [0.25, 0.3) is 0 Å². The zero-order chi connectivity index (χ0) is 41.4. The van der Waals surface area contributed by atoms with E-state index in [1.807, 2.05) is 6.08 Å². The maximum absolute atomic E-state index is 12.6. The van der Waals surface area contributed by atoms with Gasteiger partial charge in [0.25, 0.3) is 0 Å². The minimum absolute atomic E-state index is 0.0721. The number of carboxylic acids is 1. The molecule has 324 valence electrons. The molecule has 0 aromatic heterocycles. The molecule has 0 fully saturated rings. The van der Waals surface area contributed by atoms with E-state index < -0.39 is 51.1 Å². The zero-order valence-corrected chi connectivity index (χ0v) is 35.9. The molecule has 11 nitrogen and oxygen atoms in total. The predicted octanol–water partition coefficient (Wildman–Crippen LogP) is 11.4. The molecule has 0 saturated carbocycles. The third-order valence-corrected chi connectivity index (χ3v) is 10.0. The quantitative estimate of drug-likeness (QED) is 0.0233. The first-order valence-electron chi connectivity index (χ1n) is 21.7. The number of allylic oxidation sites excluding steroid dienone is 8. The molecular formula is C44H78NO10P. The van der Waals surface area contributed by atoms with E-state index in [1.54, 1.807) is 0 Å². The first kappa shape index (κ1) is 53.4. The topological polar surface area (TPSA) is 172 Å². The van der Waals surface area contributed by atoms with Gasteiger partial charge >= 0.3 is 25.7 Å². The Labute approximate surface area is 339 Å². The van der Waals surface area contributed by atoms with E-state index in [9.17, 15) is 23.8 Å². The lowest BCUT2D eigenvalue weighted by Gasteiger charge is -2.20. The van der Waals surface area contributed by atoms with Crippen molar-refractivity contribution >= 4 is 25.7 Å². The van der Waals surface area contributed by atoms with Gasteiger partial charge in [0.2, 0.25) is 0 Å². The molecule has 3 atom stereocenters. The highest BCUT2D eigenvalue weighted by Gasteiger charge is 2.28. The van der Waals surface area contributed by atoms with Crippen LogP contribution in [0.4, 0.5) is 0 Å². The number of phosphoric acid groups is 1. The maximum atomic E-state index is 12.6. The standard InChI is InChI=1S/C44H78NO10P/c1-3-5-7-9-11-13-15-17-19-20-22-23-25-27-29-31-33-35-42(46)52-37-40(38-53-56(50,51)54-39-41(45)44(48)49)55-43(47)36-34-32-30-28-26-24-21-18-16-14-12-10-8-6-4-2/h11,13,17,19,22-23,30,32,40-41H,3-10,12,14-16,18,20-21,24-29,31,33-39,45H2,1-2H3,(H,48,49)(H,50,51)/b13-11+,19-17+,23-22+,32-30+/t40-,41+/m1/s1. The second-order valence-corrected chi connectivity index (χ2v) is 15.9. The van der Waals surface area contributed by atoms with Crippen molar-refractivity contribution < 1.29 is 47.5 Å². The number of unbranched alkanes of at least 4 members (excludes halogenated alkanes) is 18. The third-order valence-electron chi connectivity index (χ3n) is 9.06. The van der Waals surface area contributed by atoms with E-state index in [-0.39, 0.29) is 19.4 Å². The molecule has 0 spiro atoms. The molecule has 12 heteroatoms. The molecule has 4 N–H and O–H groups in total. The molecule has 0 heterocycles. The van der Waals surface area contributed by atoms with E-state index in [0.29, 0.717) is 12.8 Å². The summed E-state index contributed by atoms with van der Waals surface area (Å²) in [6.07, 6.45) is 43.3. The second-order valence-electron chi connectivity index (χ2n) is 14.5. The van der Waals surface area contributed by atoms with Crippen molar-refractivity contribution in [1.82, 2.24) is 0 Å². The smallest absolute Gasteiger partial charge is 0.472 e. The number of rotatable bonds is 40.